The summed E-state index contributed by atoms with van der Waals surface area (Å²) in [6.45, 7) is 3.70. The highest BCUT2D eigenvalue weighted by atomic mass is 35.5. The van der Waals surface area contributed by atoms with E-state index in [9.17, 15) is 9.18 Å². The van der Waals surface area contributed by atoms with E-state index < -0.39 is 5.54 Å². The third-order valence-electron chi connectivity index (χ3n) is 2.47. The Morgan fingerprint density at radius 3 is 2.72 bits per heavy atom. The summed E-state index contributed by atoms with van der Waals surface area (Å²) < 4.78 is 18.4. The van der Waals surface area contributed by atoms with Gasteiger partial charge in [0.1, 0.15) is 17.4 Å². The van der Waals surface area contributed by atoms with Crippen molar-refractivity contribution in [2.75, 3.05) is 13.0 Å². The maximum atomic E-state index is 13.2. The molecule has 0 spiro atoms. The summed E-state index contributed by atoms with van der Waals surface area (Å²) in [5, 5.41) is 2.78. The van der Waals surface area contributed by atoms with Gasteiger partial charge in [-0.1, -0.05) is 0 Å². The molecule has 0 aliphatic rings. The van der Waals surface area contributed by atoms with Crippen LogP contribution in [0.15, 0.2) is 18.2 Å². The summed E-state index contributed by atoms with van der Waals surface area (Å²) in [5.41, 5.74) is 0.185. The van der Waals surface area contributed by atoms with Crippen molar-refractivity contribution in [2.45, 2.75) is 25.8 Å². The number of ether oxygens (including phenoxy) is 1. The molecule has 0 unspecified atom stereocenters. The fourth-order valence-electron chi connectivity index (χ4n) is 1.82. The molecular formula is C13H17ClFNO2. The zero-order chi connectivity index (χ0) is 13.8. The molecule has 100 valence electrons. The standard InChI is InChI=1S/C13H17ClFNO2/c1-13(2,16-12(17)8-14)7-9-6-10(15)4-5-11(9)18-3/h4-6H,7-8H2,1-3H3,(H,16,17). The van der Waals surface area contributed by atoms with E-state index in [0.29, 0.717) is 17.7 Å². The van der Waals surface area contributed by atoms with Crippen molar-refractivity contribution in [3.05, 3.63) is 29.6 Å². The molecule has 0 saturated carbocycles. The van der Waals surface area contributed by atoms with E-state index in [1.54, 1.807) is 6.07 Å². The molecule has 0 heterocycles. The smallest absolute Gasteiger partial charge is 0.235 e. The van der Waals surface area contributed by atoms with E-state index in [-0.39, 0.29) is 17.6 Å². The Labute approximate surface area is 111 Å². The SMILES string of the molecule is COc1ccc(F)cc1CC(C)(C)NC(=O)CCl. The van der Waals surface area contributed by atoms with Crippen LogP contribution in [-0.2, 0) is 11.2 Å². The first-order valence-electron chi connectivity index (χ1n) is 5.57. The van der Waals surface area contributed by atoms with Crippen molar-refractivity contribution in [1.29, 1.82) is 0 Å². The Balaban J connectivity index is 2.88. The van der Waals surface area contributed by atoms with Crippen molar-refractivity contribution in [3.63, 3.8) is 0 Å². The van der Waals surface area contributed by atoms with Crippen molar-refractivity contribution in [2.24, 2.45) is 0 Å². The minimum atomic E-state index is -0.521. The fourth-order valence-corrected chi connectivity index (χ4v) is 1.88. The zero-order valence-electron chi connectivity index (χ0n) is 10.7. The average Bonchev–Trinajstić information content (AvgIpc) is 2.28. The number of rotatable bonds is 5. The molecule has 1 N–H and O–H groups in total. The van der Waals surface area contributed by atoms with Crippen molar-refractivity contribution >= 4 is 17.5 Å². The van der Waals surface area contributed by atoms with Gasteiger partial charge in [0, 0.05) is 5.54 Å². The first kappa shape index (κ1) is 14.8. The highest BCUT2D eigenvalue weighted by molar-refractivity contribution is 6.27. The van der Waals surface area contributed by atoms with Crippen LogP contribution in [-0.4, -0.2) is 24.4 Å². The van der Waals surface area contributed by atoms with Crippen LogP contribution in [0, 0.1) is 5.82 Å². The van der Waals surface area contributed by atoms with Gasteiger partial charge in [0.2, 0.25) is 5.91 Å². The van der Waals surface area contributed by atoms with Crippen LogP contribution < -0.4 is 10.1 Å². The first-order valence-corrected chi connectivity index (χ1v) is 6.11. The Bertz CT molecular complexity index is 435. The summed E-state index contributed by atoms with van der Waals surface area (Å²) >= 11 is 5.45. The second-order valence-corrected chi connectivity index (χ2v) is 4.97. The Morgan fingerprint density at radius 2 is 2.17 bits per heavy atom. The van der Waals surface area contributed by atoms with Crippen LogP contribution in [0.2, 0.25) is 0 Å². The van der Waals surface area contributed by atoms with Crippen molar-refractivity contribution < 1.29 is 13.9 Å². The molecule has 5 heteroatoms. The number of nitrogens with one attached hydrogen (secondary N) is 1. The Kier molecular flexibility index (Phi) is 4.96. The van der Waals surface area contributed by atoms with E-state index >= 15 is 0 Å². The molecule has 1 rings (SSSR count). The lowest BCUT2D eigenvalue weighted by Crippen LogP contribution is -2.45. The molecular weight excluding hydrogens is 257 g/mol. The van der Waals surface area contributed by atoms with Gasteiger partial charge in [0.25, 0.3) is 0 Å². The second-order valence-electron chi connectivity index (χ2n) is 4.70. The summed E-state index contributed by atoms with van der Waals surface area (Å²) in [4.78, 5) is 11.3. The monoisotopic (exact) mass is 273 g/mol. The van der Waals surface area contributed by atoms with Gasteiger partial charge >= 0.3 is 0 Å². The molecule has 0 saturated heterocycles. The largest absolute Gasteiger partial charge is 0.496 e. The Hall–Kier alpha value is -1.29. The molecule has 18 heavy (non-hydrogen) atoms. The van der Waals surface area contributed by atoms with Gasteiger partial charge in [-0.3, -0.25) is 4.79 Å². The van der Waals surface area contributed by atoms with Crippen LogP contribution >= 0.6 is 11.6 Å². The van der Waals surface area contributed by atoms with Gasteiger partial charge < -0.3 is 10.1 Å². The Morgan fingerprint density at radius 1 is 1.50 bits per heavy atom. The molecule has 1 amide bonds. The number of hydrogen-bond donors (Lipinski definition) is 1. The highest BCUT2D eigenvalue weighted by Crippen LogP contribution is 2.24. The summed E-state index contributed by atoms with van der Waals surface area (Å²) in [6, 6.07) is 4.32. The van der Waals surface area contributed by atoms with E-state index in [2.05, 4.69) is 5.32 Å². The number of methoxy groups -OCH3 is 1. The van der Waals surface area contributed by atoms with Gasteiger partial charge in [-0.2, -0.15) is 0 Å². The number of alkyl halides is 1. The van der Waals surface area contributed by atoms with Gasteiger partial charge in [0.05, 0.1) is 7.11 Å². The third-order valence-corrected chi connectivity index (χ3v) is 2.72. The maximum Gasteiger partial charge on any atom is 0.235 e. The molecule has 0 fully saturated rings. The predicted molar refractivity (Wildman–Crippen MR) is 69.6 cm³/mol. The molecule has 1 aromatic carbocycles. The third kappa shape index (κ3) is 4.18. The van der Waals surface area contributed by atoms with Gasteiger partial charge in [-0.15, -0.1) is 11.6 Å². The minimum Gasteiger partial charge on any atom is -0.496 e. The van der Waals surface area contributed by atoms with E-state index in [1.807, 2.05) is 13.8 Å². The lowest BCUT2D eigenvalue weighted by atomic mass is 9.94. The molecule has 0 aliphatic heterocycles. The van der Waals surface area contributed by atoms with Crippen molar-refractivity contribution in [3.8, 4) is 5.75 Å². The van der Waals surface area contributed by atoms with Crippen LogP contribution in [0.3, 0.4) is 0 Å². The van der Waals surface area contributed by atoms with Gasteiger partial charge in [0.15, 0.2) is 0 Å². The van der Waals surface area contributed by atoms with E-state index in [1.165, 1.54) is 19.2 Å². The van der Waals surface area contributed by atoms with Crippen molar-refractivity contribution in [1.82, 2.24) is 5.32 Å². The topological polar surface area (TPSA) is 38.3 Å². The normalized spacial score (nSPS) is 11.2. The number of carbonyl (C=O) groups excluding carboxylic acids is 1. The number of carbonyl (C=O) groups is 1. The van der Waals surface area contributed by atoms with Crippen LogP contribution in [0.25, 0.3) is 0 Å². The molecule has 0 radical (unpaired) electrons. The second kappa shape index (κ2) is 6.05. The molecule has 0 aliphatic carbocycles. The highest BCUT2D eigenvalue weighted by Gasteiger charge is 2.22. The van der Waals surface area contributed by atoms with Crippen LogP contribution in [0.5, 0.6) is 5.75 Å². The maximum absolute atomic E-state index is 13.2. The number of halogens is 2. The lowest BCUT2D eigenvalue weighted by molar-refractivity contribution is -0.120. The zero-order valence-corrected chi connectivity index (χ0v) is 11.5. The quantitative estimate of drug-likeness (QED) is 0.837. The van der Waals surface area contributed by atoms with Crippen LogP contribution in [0.1, 0.15) is 19.4 Å². The van der Waals surface area contributed by atoms with E-state index in [0.717, 1.165) is 0 Å². The molecule has 0 atom stereocenters. The van der Waals surface area contributed by atoms with Gasteiger partial charge in [-0.25, -0.2) is 4.39 Å². The van der Waals surface area contributed by atoms with Crippen LogP contribution in [0.4, 0.5) is 4.39 Å². The molecule has 0 aromatic heterocycles. The fraction of sp³-hybridized carbons (Fsp3) is 0.462. The summed E-state index contributed by atoms with van der Waals surface area (Å²) in [5.74, 6) is -0.0733. The molecule has 0 bridgehead atoms. The van der Waals surface area contributed by atoms with E-state index in [4.69, 9.17) is 16.3 Å². The summed E-state index contributed by atoms with van der Waals surface area (Å²) in [7, 11) is 1.53. The number of hydrogen-bond acceptors (Lipinski definition) is 2. The molecule has 3 nitrogen and oxygen atoms in total. The molecule has 1 aromatic rings. The average molecular weight is 274 g/mol. The summed E-state index contributed by atoms with van der Waals surface area (Å²) in [6.07, 6.45) is 0.455. The number of benzene rings is 1. The van der Waals surface area contributed by atoms with Gasteiger partial charge in [-0.05, 0) is 44.0 Å². The number of amides is 1. The predicted octanol–water partition coefficient (Wildman–Crippen LogP) is 2.51. The lowest BCUT2D eigenvalue weighted by Gasteiger charge is -2.26. The first-order chi connectivity index (χ1) is 8.38. The minimum absolute atomic E-state index is 0.0935.